The Labute approximate surface area is 213 Å². The Bertz CT molecular complexity index is 1340. The van der Waals surface area contributed by atoms with Crippen LogP contribution in [-0.2, 0) is 20.6 Å². The molecule has 7 atom stereocenters. The number of hydrogen-bond acceptors (Lipinski definition) is 5. The van der Waals surface area contributed by atoms with Crippen molar-refractivity contribution in [1.82, 2.24) is 0 Å². The summed E-state index contributed by atoms with van der Waals surface area (Å²) in [5.41, 5.74) is 0.618. The van der Waals surface area contributed by atoms with Crippen LogP contribution in [-0.4, -0.2) is 22.2 Å². The molecule has 2 bridgehead atoms. The fourth-order valence-electron chi connectivity index (χ4n) is 7.28. The fourth-order valence-corrected chi connectivity index (χ4v) is 10.5. The van der Waals surface area contributed by atoms with Crippen LogP contribution in [0, 0.1) is 29.6 Å². The van der Waals surface area contributed by atoms with Crippen LogP contribution in [0.5, 0.6) is 0 Å². The monoisotopic (exact) mass is 527 g/mol. The number of thioether (sulfide) groups is 2. The number of amides is 2. The summed E-state index contributed by atoms with van der Waals surface area (Å²) in [4.78, 5) is 42.8. The van der Waals surface area contributed by atoms with Crippen LogP contribution in [0.15, 0.2) is 64.4 Å². The quantitative estimate of drug-likeness (QED) is 0.459. The van der Waals surface area contributed by atoms with Gasteiger partial charge in [-0.15, -0.1) is 11.8 Å². The molecule has 1 saturated heterocycles. The van der Waals surface area contributed by atoms with Crippen LogP contribution in [0.1, 0.15) is 29.9 Å². The highest BCUT2D eigenvalue weighted by Gasteiger charge is 2.70. The third kappa shape index (κ3) is 3.08. The highest BCUT2D eigenvalue weighted by molar-refractivity contribution is 8.18. The van der Waals surface area contributed by atoms with E-state index in [0.29, 0.717) is 12.1 Å². The molecule has 2 aromatic carbocycles. The number of anilines is 1. The summed E-state index contributed by atoms with van der Waals surface area (Å²) in [5, 5.41) is 0.0978. The number of para-hydroxylation sites is 1. The number of nitrogens with zero attached hydrogens (tertiary/aromatic N) is 1. The number of alkyl halides is 3. The maximum absolute atomic E-state index is 13.6. The molecule has 2 aromatic rings. The first-order chi connectivity index (χ1) is 17.2. The zero-order valence-corrected chi connectivity index (χ0v) is 20.4. The van der Waals surface area contributed by atoms with Crippen molar-refractivity contribution in [2.75, 3.05) is 4.90 Å². The molecule has 3 aliphatic heterocycles. The minimum Gasteiger partial charge on any atom is -0.286 e. The van der Waals surface area contributed by atoms with Gasteiger partial charge >= 0.3 is 6.18 Å². The fraction of sp³-hybridized carbons (Fsp3) is 0.370. The Morgan fingerprint density at radius 1 is 0.861 bits per heavy atom. The molecule has 0 aromatic heterocycles. The van der Waals surface area contributed by atoms with Crippen LogP contribution in [0.4, 0.5) is 18.9 Å². The molecule has 2 aliphatic carbocycles. The number of hydrogen-bond donors (Lipinski definition) is 0. The number of benzene rings is 2. The van der Waals surface area contributed by atoms with Gasteiger partial charge in [0.1, 0.15) is 0 Å². The molecule has 0 unspecified atom stereocenters. The lowest BCUT2D eigenvalue weighted by molar-refractivity contribution is -0.137. The molecule has 5 aliphatic rings. The second-order valence-electron chi connectivity index (χ2n) is 10.2. The zero-order valence-electron chi connectivity index (χ0n) is 18.8. The first-order valence-electron chi connectivity index (χ1n) is 11.9. The molecule has 2 saturated carbocycles. The van der Waals surface area contributed by atoms with Gasteiger partial charge in [0.15, 0.2) is 5.12 Å². The summed E-state index contributed by atoms with van der Waals surface area (Å²) in [6.45, 7) is 0. The van der Waals surface area contributed by atoms with E-state index in [9.17, 15) is 27.6 Å². The average molecular weight is 528 g/mol. The van der Waals surface area contributed by atoms with E-state index in [0.717, 1.165) is 33.9 Å². The number of allylic oxidation sites excluding steroid dienone is 2. The molecule has 184 valence electrons. The third-order valence-electron chi connectivity index (χ3n) is 8.52. The summed E-state index contributed by atoms with van der Waals surface area (Å²) in [6.07, 6.45) is -3.35. The third-order valence-corrected chi connectivity index (χ3v) is 11.3. The number of imide groups is 1. The first kappa shape index (κ1) is 22.7. The lowest BCUT2D eigenvalue weighted by atomic mass is 9.68. The second-order valence-corrected chi connectivity index (χ2v) is 12.5. The lowest BCUT2D eigenvalue weighted by Gasteiger charge is -2.44. The van der Waals surface area contributed by atoms with Gasteiger partial charge in [-0.05, 0) is 54.0 Å². The number of halogens is 3. The van der Waals surface area contributed by atoms with E-state index in [2.05, 4.69) is 0 Å². The van der Waals surface area contributed by atoms with Crippen LogP contribution >= 0.6 is 23.5 Å². The van der Waals surface area contributed by atoms with Gasteiger partial charge in [0, 0.05) is 27.4 Å². The summed E-state index contributed by atoms with van der Waals surface area (Å²) in [6, 6.07) is 14.2. The predicted octanol–water partition coefficient (Wildman–Crippen LogP) is 5.85. The molecule has 36 heavy (non-hydrogen) atoms. The van der Waals surface area contributed by atoms with E-state index in [4.69, 9.17) is 0 Å². The van der Waals surface area contributed by atoms with Crippen molar-refractivity contribution in [3.8, 4) is 0 Å². The molecule has 0 radical (unpaired) electrons. The van der Waals surface area contributed by atoms with E-state index in [1.54, 1.807) is 36.0 Å². The molecule has 3 heterocycles. The van der Waals surface area contributed by atoms with Crippen molar-refractivity contribution in [3.63, 3.8) is 0 Å². The Morgan fingerprint density at radius 2 is 1.53 bits per heavy atom. The van der Waals surface area contributed by atoms with Crippen molar-refractivity contribution in [2.45, 2.75) is 30.2 Å². The molecule has 2 amide bonds. The molecule has 0 spiro atoms. The maximum Gasteiger partial charge on any atom is 0.416 e. The van der Waals surface area contributed by atoms with E-state index < -0.39 is 17.7 Å². The van der Waals surface area contributed by atoms with Crippen molar-refractivity contribution >= 4 is 46.1 Å². The van der Waals surface area contributed by atoms with E-state index in [1.165, 1.54) is 28.8 Å². The number of carbonyl (C=O) groups is 3. The normalized spacial score (nSPS) is 34.9. The Balaban J connectivity index is 1.29. The van der Waals surface area contributed by atoms with Crippen LogP contribution in [0.2, 0.25) is 0 Å². The minimum absolute atomic E-state index is 0.00635. The van der Waals surface area contributed by atoms with E-state index >= 15 is 0 Å². The van der Waals surface area contributed by atoms with Gasteiger partial charge in [-0.2, -0.15) is 13.2 Å². The van der Waals surface area contributed by atoms with Crippen molar-refractivity contribution in [1.29, 1.82) is 0 Å². The predicted molar refractivity (Wildman–Crippen MR) is 131 cm³/mol. The van der Waals surface area contributed by atoms with Gasteiger partial charge < -0.3 is 0 Å². The van der Waals surface area contributed by atoms with Gasteiger partial charge in [-0.1, -0.05) is 42.1 Å². The molecule has 9 heteroatoms. The molecular weight excluding hydrogens is 507 g/mol. The largest absolute Gasteiger partial charge is 0.416 e. The Morgan fingerprint density at radius 3 is 2.19 bits per heavy atom. The summed E-state index contributed by atoms with van der Waals surface area (Å²) in [7, 11) is 0. The smallest absolute Gasteiger partial charge is 0.286 e. The lowest BCUT2D eigenvalue weighted by Crippen LogP contribution is -2.42. The van der Waals surface area contributed by atoms with Crippen molar-refractivity contribution in [2.24, 2.45) is 29.6 Å². The SMILES string of the molecule is O=C1CC2=C(S1)[C@H](c1ccc(C(F)(F)F)cc1)[C@H]1[C@H]3C[C@@H]([C@H]1S2)[C@H]1C(=O)N(c2ccccc2)C(=O)[C@@H]31. The topological polar surface area (TPSA) is 54.5 Å². The Kier molecular flexibility index (Phi) is 4.87. The molecule has 3 fully saturated rings. The Hall–Kier alpha value is -2.52. The highest BCUT2D eigenvalue weighted by Crippen LogP contribution is 2.70. The van der Waals surface area contributed by atoms with Crippen molar-refractivity contribution in [3.05, 3.63) is 75.5 Å². The zero-order chi connectivity index (χ0) is 24.9. The van der Waals surface area contributed by atoms with E-state index in [1.807, 2.05) is 6.07 Å². The second kappa shape index (κ2) is 7.74. The molecule has 7 rings (SSSR count). The summed E-state index contributed by atoms with van der Waals surface area (Å²) >= 11 is 2.87. The number of rotatable bonds is 2. The summed E-state index contributed by atoms with van der Waals surface area (Å²) in [5.74, 6) is -1.43. The average Bonchev–Trinajstić information content (AvgIpc) is 3.58. The van der Waals surface area contributed by atoms with Gasteiger partial charge in [0.2, 0.25) is 11.8 Å². The van der Waals surface area contributed by atoms with Crippen LogP contribution in [0.25, 0.3) is 0 Å². The van der Waals surface area contributed by atoms with E-state index in [-0.39, 0.29) is 51.8 Å². The number of fused-ring (bicyclic) bond motifs is 8. The highest BCUT2D eigenvalue weighted by atomic mass is 32.2. The standard InChI is InChI=1S/C27H20F3NO3S2/c28-27(29,30)13-8-6-12(7-9-13)19-20-15-10-16(23(20)35-17-11-18(32)36-24(17)19)22-21(15)25(33)31(26(22)34)14-4-2-1-3-5-14/h1-9,15-16,19-23H,10-11H2/t15-,16-,19-,20-,21+,22-,23-/m1/s1. The van der Waals surface area contributed by atoms with Gasteiger partial charge in [-0.25, -0.2) is 0 Å². The first-order valence-corrected chi connectivity index (χ1v) is 13.6. The van der Waals surface area contributed by atoms with Gasteiger partial charge in [0.05, 0.1) is 23.1 Å². The minimum atomic E-state index is -4.43. The molecular formula is C27H20F3NO3S2. The maximum atomic E-state index is 13.6. The van der Waals surface area contributed by atoms with Crippen LogP contribution in [0.3, 0.4) is 0 Å². The number of carbonyl (C=O) groups excluding carboxylic acids is 3. The van der Waals surface area contributed by atoms with Gasteiger partial charge in [-0.3, -0.25) is 19.3 Å². The van der Waals surface area contributed by atoms with Crippen molar-refractivity contribution < 1.29 is 27.6 Å². The summed E-state index contributed by atoms with van der Waals surface area (Å²) < 4.78 is 39.7. The van der Waals surface area contributed by atoms with Gasteiger partial charge in [0.25, 0.3) is 0 Å². The van der Waals surface area contributed by atoms with Crippen LogP contribution < -0.4 is 4.90 Å². The molecule has 4 nitrogen and oxygen atoms in total. The molecule has 0 N–H and O–H groups in total.